The fraction of sp³-hybridized carbons (Fsp3) is 0.667. The monoisotopic (exact) mass is 164 g/mol. The van der Waals surface area contributed by atoms with Gasteiger partial charge >= 0.3 is 0 Å². The Bertz CT molecular complexity index is 216. The van der Waals surface area contributed by atoms with Crippen molar-refractivity contribution in [3.05, 3.63) is 23.8 Å². The van der Waals surface area contributed by atoms with Gasteiger partial charge in [-0.3, -0.25) is 0 Å². The third-order valence-electron chi connectivity index (χ3n) is 2.71. The van der Waals surface area contributed by atoms with Crippen molar-refractivity contribution in [2.75, 3.05) is 0 Å². The maximum atomic E-state index is 4.06. The second-order valence-electron chi connectivity index (χ2n) is 4.83. The lowest BCUT2D eigenvalue weighted by atomic mass is 9.70. The van der Waals surface area contributed by atoms with Crippen molar-refractivity contribution in [3.63, 3.8) is 0 Å². The minimum absolute atomic E-state index is 0.351. The first kappa shape index (κ1) is 9.57. The Morgan fingerprint density at radius 3 is 2.42 bits per heavy atom. The Kier molecular flexibility index (Phi) is 2.46. The molecule has 1 aliphatic carbocycles. The van der Waals surface area contributed by atoms with Crippen LogP contribution in [0.1, 0.15) is 40.5 Å². The highest BCUT2D eigenvalue weighted by molar-refractivity contribution is 5.25. The van der Waals surface area contributed by atoms with Crippen LogP contribution in [-0.2, 0) is 0 Å². The molecule has 0 saturated carbocycles. The Morgan fingerprint density at radius 2 is 2.00 bits per heavy atom. The molecule has 0 heterocycles. The molecule has 1 rings (SSSR count). The van der Waals surface area contributed by atoms with Gasteiger partial charge in [0.2, 0.25) is 0 Å². The van der Waals surface area contributed by atoms with Gasteiger partial charge in [0.05, 0.1) is 0 Å². The Morgan fingerprint density at radius 1 is 1.42 bits per heavy atom. The second-order valence-corrected chi connectivity index (χ2v) is 4.83. The van der Waals surface area contributed by atoms with Crippen LogP contribution in [0, 0.1) is 11.3 Å². The predicted octanol–water partition coefficient (Wildman–Crippen LogP) is 3.95. The fourth-order valence-corrected chi connectivity index (χ4v) is 2.35. The summed E-state index contributed by atoms with van der Waals surface area (Å²) in [4.78, 5) is 0. The van der Waals surface area contributed by atoms with Gasteiger partial charge in [-0.2, -0.15) is 0 Å². The van der Waals surface area contributed by atoms with Gasteiger partial charge < -0.3 is 0 Å². The molecule has 0 saturated heterocycles. The molecule has 0 amide bonds. The summed E-state index contributed by atoms with van der Waals surface area (Å²) in [5.41, 5.74) is 3.34. The zero-order valence-corrected chi connectivity index (χ0v) is 8.78. The fourth-order valence-electron chi connectivity index (χ4n) is 2.35. The predicted molar refractivity (Wildman–Crippen MR) is 55.1 cm³/mol. The average Bonchev–Trinajstić information content (AvgIpc) is 1.82. The van der Waals surface area contributed by atoms with Crippen molar-refractivity contribution in [1.29, 1.82) is 0 Å². The van der Waals surface area contributed by atoms with Crippen LogP contribution in [0.5, 0.6) is 0 Å². The molecule has 68 valence electrons. The van der Waals surface area contributed by atoms with Gasteiger partial charge in [0.25, 0.3) is 0 Å². The lowest BCUT2D eigenvalue weighted by Crippen LogP contribution is -2.22. The van der Waals surface area contributed by atoms with Gasteiger partial charge in [0, 0.05) is 0 Å². The first-order chi connectivity index (χ1) is 5.43. The van der Waals surface area contributed by atoms with E-state index in [1.54, 1.807) is 5.57 Å². The standard InChI is InChI=1S/C12H20/c1-9(2)11-7-6-10(3)8-12(11,4)5/h7,9H,3,6,8H2,1-2,4-5H3. The average molecular weight is 164 g/mol. The summed E-state index contributed by atoms with van der Waals surface area (Å²) in [7, 11) is 0. The molecule has 12 heavy (non-hydrogen) atoms. The highest BCUT2D eigenvalue weighted by Crippen LogP contribution is 2.41. The van der Waals surface area contributed by atoms with Crippen molar-refractivity contribution in [3.8, 4) is 0 Å². The van der Waals surface area contributed by atoms with Gasteiger partial charge in [0.15, 0.2) is 0 Å². The Hall–Kier alpha value is -0.520. The maximum Gasteiger partial charge on any atom is -0.0105 e. The molecule has 0 N–H and O–H groups in total. The van der Waals surface area contributed by atoms with Crippen LogP contribution >= 0.6 is 0 Å². The van der Waals surface area contributed by atoms with Crippen LogP contribution in [-0.4, -0.2) is 0 Å². The van der Waals surface area contributed by atoms with Crippen molar-refractivity contribution in [2.45, 2.75) is 40.5 Å². The van der Waals surface area contributed by atoms with Gasteiger partial charge in [0.1, 0.15) is 0 Å². The molecule has 0 spiro atoms. The largest absolute Gasteiger partial charge is 0.0995 e. The normalized spacial score (nSPS) is 22.8. The molecule has 1 aliphatic rings. The molecule has 0 heteroatoms. The van der Waals surface area contributed by atoms with Crippen LogP contribution in [0.15, 0.2) is 23.8 Å². The Balaban J connectivity index is 2.91. The van der Waals surface area contributed by atoms with Crippen LogP contribution in [0.2, 0.25) is 0 Å². The van der Waals surface area contributed by atoms with E-state index in [0.717, 1.165) is 12.8 Å². The summed E-state index contributed by atoms with van der Waals surface area (Å²) in [5, 5.41) is 0. The van der Waals surface area contributed by atoms with E-state index in [2.05, 4.69) is 40.3 Å². The highest BCUT2D eigenvalue weighted by atomic mass is 14.3. The number of rotatable bonds is 1. The van der Waals surface area contributed by atoms with E-state index >= 15 is 0 Å². The quantitative estimate of drug-likeness (QED) is 0.515. The lowest BCUT2D eigenvalue weighted by molar-refractivity contribution is 0.383. The molecule has 0 radical (unpaired) electrons. The first-order valence-electron chi connectivity index (χ1n) is 4.80. The van der Waals surface area contributed by atoms with Gasteiger partial charge in [-0.15, -0.1) is 0 Å². The molecule has 0 fully saturated rings. The van der Waals surface area contributed by atoms with Crippen molar-refractivity contribution < 1.29 is 0 Å². The highest BCUT2D eigenvalue weighted by Gasteiger charge is 2.28. The zero-order chi connectivity index (χ0) is 9.35. The SMILES string of the molecule is C=C1CC=C(C(C)C)C(C)(C)C1. The summed E-state index contributed by atoms with van der Waals surface area (Å²) in [6.07, 6.45) is 4.63. The summed E-state index contributed by atoms with van der Waals surface area (Å²) < 4.78 is 0. The van der Waals surface area contributed by atoms with E-state index < -0.39 is 0 Å². The topological polar surface area (TPSA) is 0 Å². The van der Waals surface area contributed by atoms with E-state index in [1.807, 2.05) is 0 Å². The first-order valence-corrected chi connectivity index (χ1v) is 4.80. The van der Waals surface area contributed by atoms with Crippen LogP contribution < -0.4 is 0 Å². The molecule has 0 unspecified atom stereocenters. The second kappa shape index (κ2) is 3.08. The Labute approximate surface area is 76.4 Å². The van der Waals surface area contributed by atoms with Crippen molar-refractivity contribution in [2.24, 2.45) is 11.3 Å². The minimum atomic E-state index is 0.351. The van der Waals surface area contributed by atoms with Gasteiger partial charge in [-0.1, -0.05) is 51.5 Å². The number of hydrogen-bond acceptors (Lipinski definition) is 0. The van der Waals surface area contributed by atoms with Gasteiger partial charge in [-0.25, -0.2) is 0 Å². The van der Waals surface area contributed by atoms with E-state index in [1.165, 1.54) is 5.57 Å². The summed E-state index contributed by atoms with van der Waals surface area (Å²) in [6, 6.07) is 0. The van der Waals surface area contributed by atoms with E-state index in [0.29, 0.717) is 11.3 Å². The van der Waals surface area contributed by atoms with Crippen molar-refractivity contribution >= 4 is 0 Å². The lowest BCUT2D eigenvalue weighted by Gasteiger charge is -2.35. The minimum Gasteiger partial charge on any atom is -0.0995 e. The molecule has 0 aromatic heterocycles. The molecule has 0 atom stereocenters. The summed E-state index contributed by atoms with van der Waals surface area (Å²) in [5.74, 6) is 0.688. The van der Waals surface area contributed by atoms with Crippen molar-refractivity contribution in [1.82, 2.24) is 0 Å². The van der Waals surface area contributed by atoms with E-state index in [4.69, 9.17) is 0 Å². The molecular formula is C12H20. The van der Waals surface area contributed by atoms with Gasteiger partial charge in [-0.05, 0) is 24.2 Å². The van der Waals surface area contributed by atoms with Crippen LogP contribution in [0.4, 0.5) is 0 Å². The molecule has 0 aromatic carbocycles. The maximum absolute atomic E-state index is 4.06. The molecule has 0 nitrogen and oxygen atoms in total. The third kappa shape index (κ3) is 1.80. The van der Waals surface area contributed by atoms with Crippen LogP contribution in [0.3, 0.4) is 0 Å². The molecule has 0 bridgehead atoms. The summed E-state index contributed by atoms with van der Waals surface area (Å²) >= 11 is 0. The van der Waals surface area contributed by atoms with E-state index in [9.17, 15) is 0 Å². The smallest absolute Gasteiger partial charge is 0.0105 e. The van der Waals surface area contributed by atoms with Crippen LogP contribution in [0.25, 0.3) is 0 Å². The third-order valence-corrected chi connectivity index (χ3v) is 2.71. The number of allylic oxidation sites excluding steroid dienone is 3. The number of hydrogen-bond donors (Lipinski definition) is 0. The molecule has 0 aliphatic heterocycles. The molecular weight excluding hydrogens is 144 g/mol. The summed E-state index contributed by atoms with van der Waals surface area (Å²) in [6.45, 7) is 13.3. The zero-order valence-electron chi connectivity index (χ0n) is 8.78. The molecule has 0 aromatic rings. The van der Waals surface area contributed by atoms with E-state index in [-0.39, 0.29) is 0 Å².